The number of carboxylic acid groups (broad SMARTS) is 1. The minimum absolute atomic E-state index is 0.126. The van der Waals surface area contributed by atoms with Gasteiger partial charge in [-0.3, -0.25) is 4.79 Å². The van der Waals surface area contributed by atoms with Gasteiger partial charge in [0.25, 0.3) is 0 Å². The third kappa shape index (κ3) is 6.72. The fourth-order valence-corrected chi connectivity index (χ4v) is 1.98. The zero-order chi connectivity index (χ0) is 15.0. The summed E-state index contributed by atoms with van der Waals surface area (Å²) < 4.78 is 10.6. The molecule has 0 spiro atoms. The predicted molar refractivity (Wildman–Crippen MR) is 72.5 cm³/mol. The summed E-state index contributed by atoms with van der Waals surface area (Å²) in [4.78, 5) is 22.6. The molecule has 1 aliphatic rings. The highest BCUT2D eigenvalue weighted by atomic mass is 16.6. The number of carboxylic acids is 1. The van der Waals surface area contributed by atoms with Crippen LogP contribution in [0.3, 0.4) is 0 Å². The van der Waals surface area contributed by atoms with Crippen LogP contribution in [0.25, 0.3) is 0 Å². The molecule has 20 heavy (non-hydrogen) atoms. The van der Waals surface area contributed by atoms with Crippen LogP contribution in [0, 0.1) is 11.8 Å². The number of amides is 2. The second-order valence-corrected chi connectivity index (χ2v) is 5.32. The van der Waals surface area contributed by atoms with Gasteiger partial charge in [0.05, 0.1) is 31.8 Å². The SMILES string of the molecule is CC(C)CC(CNC(=O)NCC1COCCO1)C(=O)O. The van der Waals surface area contributed by atoms with Gasteiger partial charge in [0, 0.05) is 13.1 Å². The summed E-state index contributed by atoms with van der Waals surface area (Å²) >= 11 is 0. The van der Waals surface area contributed by atoms with E-state index in [9.17, 15) is 9.59 Å². The smallest absolute Gasteiger partial charge is 0.314 e. The van der Waals surface area contributed by atoms with Gasteiger partial charge in [-0.2, -0.15) is 0 Å². The molecule has 0 aliphatic carbocycles. The lowest BCUT2D eigenvalue weighted by Crippen LogP contribution is -2.45. The molecule has 0 bridgehead atoms. The van der Waals surface area contributed by atoms with Crippen LogP contribution >= 0.6 is 0 Å². The number of nitrogens with one attached hydrogen (secondary N) is 2. The van der Waals surface area contributed by atoms with E-state index in [0.717, 1.165) is 0 Å². The van der Waals surface area contributed by atoms with Crippen LogP contribution in [0.15, 0.2) is 0 Å². The molecule has 1 fully saturated rings. The Kier molecular flexibility index (Phi) is 7.32. The van der Waals surface area contributed by atoms with Crippen molar-refractivity contribution in [2.75, 3.05) is 32.9 Å². The molecule has 0 aromatic rings. The first-order chi connectivity index (χ1) is 9.49. The molecule has 1 heterocycles. The van der Waals surface area contributed by atoms with Gasteiger partial charge in [-0.05, 0) is 12.3 Å². The molecular formula is C13H24N2O5. The maximum absolute atomic E-state index is 11.6. The predicted octanol–water partition coefficient (Wildman–Crippen LogP) is 0.448. The van der Waals surface area contributed by atoms with Crippen LogP contribution in [0.1, 0.15) is 20.3 Å². The normalized spacial score (nSPS) is 20.4. The average molecular weight is 288 g/mol. The maximum atomic E-state index is 11.6. The standard InChI is InChI=1S/C13H24N2O5/c1-9(2)5-10(12(16)17)6-14-13(18)15-7-11-8-19-3-4-20-11/h9-11H,3-8H2,1-2H3,(H,16,17)(H2,14,15,18). The summed E-state index contributed by atoms with van der Waals surface area (Å²) in [7, 11) is 0. The molecule has 0 saturated carbocycles. The first-order valence-corrected chi connectivity index (χ1v) is 6.93. The first-order valence-electron chi connectivity index (χ1n) is 6.93. The van der Waals surface area contributed by atoms with E-state index in [2.05, 4.69) is 10.6 Å². The van der Waals surface area contributed by atoms with Gasteiger partial charge in [-0.25, -0.2) is 4.79 Å². The van der Waals surface area contributed by atoms with Gasteiger partial charge in [-0.15, -0.1) is 0 Å². The third-order valence-electron chi connectivity index (χ3n) is 2.99. The van der Waals surface area contributed by atoms with Crippen molar-refractivity contribution in [1.82, 2.24) is 10.6 Å². The van der Waals surface area contributed by atoms with Gasteiger partial charge >= 0.3 is 12.0 Å². The summed E-state index contributed by atoms with van der Waals surface area (Å²) in [6.45, 7) is 5.97. The van der Waals surface area contributed by atoms with Crippen LogP contribution in [0.4, 0.5) is 4.79 Å². The van der Waals surface area contributed by atoms with E-state index >= 15 is 0 Å². The van der Waals surface area contributed by atoms with E-state index in [1.54, 1.807) is 0 Å². The molecule has 2 unspecified atom stereocenters. The van der Waals surface area contributed by atoms with Gasteiger partial charge in [0.15, 0.2) is 0 Å². The lowest BCUT2D eigenvalue weighted by molar-refractivity contribution is -0.142. The minimum Gasteiger partial charge on any atom is -0.481 e. The lowest BCUT2D eigenvalue weighted by atomic mass is 9.97. The highest BCUT2D eigenvalue weighted by Crippen LogP contribution is 2.10. The number of carbonyl (C=O) groups excluding carboxylic acids is 1. The van der Waals surface area contributed by atoms with E-state index in [1.165, 1.54) is 0 Å². The zero-order valence-electron chi connectivity index (χ0n) is 12.1. The zero-order valence-corrected chi connectivity index (χ0v) is 12.1. The lowest BCUT2D eigenvalue weighted by Gasteiger charge is -2.23. The van der Waals surface area contributed by atoms with Crippen molar-refractivity contribution in [2.45, 2.75) is 26.4 Å². The summed E-state index contributed by atoms with van der Waals surface area (Å²) in [5, 5.41) is 14.3. The van der Waals surface area contributed by atoms with Crippen molar-refractivity contribution < 1.29 is 24.2 Å². The van der Waals surface area contributed by atoms with Crippen molar-refractivity contribution >= 4 is 12.0 Å². The number of rotatable bonds is 7. The highest BCUT2D eigenvalue weighted by Gasteiger charge is 2.20. The second kappa shape index (κ2) is 8.76. The quantitative estimate of drug-likeness (QED) is 0.632. The summed E-state index contributed by atoms with van der Waals surface area (Å²) in [5.74, 6) is -1.17. The third-order valence-corrected chi connectivity index (χ3v) is 2.99. The highest BCUT2D eigenvalue weighted by molar-refractivity contribution is 5.75. The Morgan fingerprint density at radius 1 is 1.30 bits per heavy atom. The molecular weight excluding hydrogens is 264 g/mol. The van der Waals surface area contributed by atoms with Crippen molar-refractivity contribution in [3.63, 3.8) is 0 Å². The van der Waals surface area contributed by atoms with Crippen LogP contribution < -0.4 is 10.6 Å². The Bertz CT molecular complexity index is 316. The Morgan fingerprint density at radius 2 is 2.05 bits per heavy atom. The van der Waals surface area contributed by atoms with Gasteiger partial charge < -0.3 is 25.2 Å². The Hall–Kier alpha value is -1.34. The molecule has 0 aromatic carbocycles. The Labute approximate surface area is 119 Å². The molecule has 1 aliphatic heterocycles. The molecule has 7 nitrogen and oxygen atoms in total. The van der Waals surface area contributed by atoms with Crippen molar-refractivity contribution in [2.24, 2.45) is 11.8 Å². The largest absolute Gasteiger partial charge is 0.481 e. The van der Waals surface area contributed by atoms with Gasteiger partial charge in [0.2, 0.25) is 0 Å². The molecule has 2 atom stereocenters. The summed E-state index contributed by atoms with van der Waals surface area (Å²) in [6.07, 6.45) is 0.398. The van der Waals surface area contributed by atoms with E-state index < -0.39 is 11.9 Å². The molecule has 1 saturated heterocycles. The molecule has 116 valence electrons. The van der Waals surface area contributed by atoms with Crippen LogP contribution in [-0.2, 0) is 14.3 Å². The number of urea groups is 1. The molecule has 3 N–H and O–H groups in total. The van der Waals surface area contributed by atoms with Crippen molar-refractivity contribution in [3.8, 4) is 0 Å². The van der Waals surface area contributed by atoms with E-state index in [0.29, 0.717) is 32.8 Å². The molecule has 2 amide bonds. The Balaban J connectivity index is 2.21. The molecule has 0 aromatic heterocycles. The molecule has 0 radical (unpaired) electrons. The Morgan fingerprint density at radius 3 is 2.60 bits per heavy atom. The number of ether oxygens (including phenoxy) is 2. The monoisotopic (exact) mass is 288 g/mol. The minimum atomic E-state index is -0.886. The number of carbonyl (C=O) groups is 2. The fourth-order valence-electron chi connectivity index (χ4n) is 1.98. The van der Waals surface area contributed by atoms with Crippen LogP contribution in [-0.4, -0.2) is 56.1 Å². The van der Waals surface area contributed by atoms with Crippen LogP contribution in [0.2, 0.25) is 0 Å². The fraction of sp³-hybridized carbons (Fsp3) is 0.846. The van der Waals surface area contributed by atoms with Crippen molar-refractivity contribution in [3.05, 3.63) is 0 Å². The number of hydrogen-bond donors (Lipinski definition) is 3. The molecule has 1 rings (SSSR count). The van der Waals surface area contributed by atoms with E-state index in [4.69, 9.17) is 14.6 Å². The van der Waals surface area contributed by atoms with E-state index in [-0.39, 0.29) is 24.6 Å². The number of aliphatic carboxylic acids is 1. The topological polar surface area (TPSA) is 96.9 Å². The van der Waals surface area contributed by atoms with Crippen molar-refractivity contribution in [1.29, 1.82) is 0 Å². The second-order valence-electron chi connectivity index (χ2n) is 5.32. The average Bonchev–Trinajstić information content (AvgIpc) is 2.41. The first kappa shape index (κ1) is 16.7. The summed E-state index contributed by atoms with van der Waals surface area (Å²) in [6, 6.07) is -0.380. The summed E-state index contributed by atoms with van der Waals surface area (Å²) in [5.41, 5.74) is 0. The van der Waals surface area contributed by atoms with Gasteiger partial charge in [0.1, 0.15) is 0 Å². The maximum Gasteiger partial charge on any atom is 0.314 e. The van der Waals surface area contributed by atoms with E-state index in [1.807, 2.05) is 13.8 Å². The number of hydrogen-bond acceptors (Lipinski definition) is 4. The van der Waals surface area contributed by atoms with Crippen LogP contribution in [0.5, 0.6) is 0 Å². The molecule has 7 heteroatoms. The van der Waals surface area contributed by atoms with Gasteiger partial charge in [-0.1, -0.05) is 13.8 Å².